The highest BCUT2D eigenvalue weighted by Gasteiger charge is 2.21. The summed E-state index contributed by atoms with van der Waals surface area (Å²) in [6.45, 7) is 2.82. The van der Waals surface area contributed by atoms with E-state index >= 15 is 0 Å². The van der Waals surface area contributed by atoms with Crippen molar-refractivity contribution < 1.29 is 17.9 Å². The Hall–Kier alpha value is -1.90. The molecule has 1 saturated carbocycles. The Morgan fingerprint density at radius 3 is 2.42 bits per heavy atom. The molecule has 0 aliphatic heterocycles. The number of sulfonamides is 1. The number of hydrogen-bond donors (Lipinski definition) is 2. The molecule has 2 N–H and O–H groups in total. The van der Waals surface area contributed by atoms with E-state index in [1.807, 2.05) is 0 Å². The quantitative estimate of drug-likeness (QED) is 0.331. The summed E-state index contributed by atoms with van der Waals surface area (Å²) < 4.78 is 34.6. The molecule has 180 valence electrons. The first-order valence-corrected chi connectivity index (χ1v) is 14.0. The molecule has 3 rings (SSSR count). The lowest BCUT2D eigenvalue weighted by Crippen LogP contribution is -2.36. The number of unbranched alkanes of at least 4 members (excludes halogenated alkanes) is 3. The van der Waals surface area contributed by atoms with Gasteiger partial charge in [0.1, 0.15) is 5.75 Å². The number of carbonyl (C=O) groups excluding carboxylic acids is 1. The molecular weight excluding hydrogens is 504 g/mol. The number of carbonyl (C=O) groups is 1. The van der Waals surface area contributed by atoms with Crippen molar-refractivity contribution >= 4 is 37.5 Å². The summed E-state index contributed by atoms with van der Waals surface area (Å²) in [4.78, 5) is 12.9. The smallest absolute Gasteiger partial charge is 0.255 e. The molecule has 1 fully saturated rings. The van der Waals surface area contributed by atoms with Crippen LogP contribution in [-0.2, 0) is 10.0 Å². The van der Waals surface area contributed by atoms with Crippen molar-refractivity contribution in [3.63, 3.8) is 0 Å². The van der Waals surface area contributed by atoms with Gasteiger partial charge in [0.25, 0.3) is 5.91 Å². The van der Waals surface area contributed by atoms with E-state index in [-0.39, 0.29) is 16.8 Å². The monoisotopic (exact) mass is 536 g/mol. The molecule has 0 aromatic heterocycles. The summed E-state index contributed by atoms with van der Waals surface area (Å²) >= 11 is 3.48. The van der Waals surface area contributed by atoms with Gasteiger partial charge in [0.2, 0.25) is 10.0 Å². The van der Waals surface area contributed by atoms with Gasteiger partial charge in [0.15, 0.2) is 0 Å². The Balaban J connectivity index is 1.56. The Morgan fingerprint density at radius 1 is 1.03 bits per heavy atom. The van der Waals surface area contributed by atoms with Gasteiger partial charge in [-0.25, -0.2) is 13.1 Å². The predicted octanol–water partition coefficient (Wildman–Crippen LogP) is 6.27. The second-order valence-corrected chi connectivity index (χ2v) is 11.1. The molecule has 0 saturated heterocycles. The summed E-state index contributed by atoms with van der Waals surface area (Å²) in [5.41, 5.74) is 1.01. The van der Waals surface area contributed by atoms with E-state index in [2.05, 4.69) is 32.9 Å². The standard InChI is InChI=1S/C25H33BrN2O4S/c1-2-3-4-8-17-32-24-16-11-19(18-23(24)26)25(29)27-20-12-14-22(15-13-20)33(30,31)28-21-9-6-5-7-10-21/h11-16,18,21,28H,2-10,17H2,1H3,(H,27,29). The van der Waals surface area contributed by atoms with E-state index in [9.17, 15) is 13.2 Å². The molecule has 1 aliphatic carbocycles. The fourth-order valence-corrected chi connectivity index (χ4v) is 5.70. The Labute approximate surface area is 205 Å². The SMILES string of the molecule is CCCCCCOc1ccc(C(=O)Nc2ccc(S(=O)(=O)NC3CCCCC3)cc2)cc1Br. The first-order chi connectivity index (χ1) is 15.9. The summed E-state index contributed by atoms with van der Waals surface area (Å²) in [5.74, 6) is 0.434. The number of rotatable bonds is 11. The fourth-order valence-electron chi connectivity index (χ4n) is 3.90. The lowest BCUT2D eigenvalue weighted by atomic mass is 9.96. The number of anilines is 1. The average Bonchev–Trinajstić information content (AvgIpc) is 2.80. The summed E-state index contributed by atoms with van der Waals surface area (Å²) in [5, 5.41) is 2.82. The Bertz CT molecular complexity index is 1020. The molecule has 0 bridgehead atoms. The van der Waals surface area contributed by atoms with E-state index < -0.39 is 10.0 Å². The van der Waals surface area contributed by atoms with Gasteiger partial charge in [-0.2, -0.15) is 0 Å². The molecular formula is C25H33BrN2O4S. The molecule has 0 atom stereocenters. The van der Waals surface area contributed by atoms with Crippen LogP contribution in [0, 0.1) is 0 Å². The van der Waals surface area contributed by atoms with Gasteiger partial charge in [0.05, 0.1) is 16.0 Å². The van der Waals surface area contributed by atoms with Gasteiger partial charge in [0, 0.05) is 17.3 Å². The summed E-state index contributed by atoms with van der Waals surface area (Å²) in [7, 11) is -3.56. The van der Waals surface area contributed by atoms with Crippen LogP contribution in [-0.4, -0.2) is 27.0 Å². The molecule has 33 heavy (non-hydrogen) atoms. The van der Waals surface area contributed by atoms with Crippen LogP contribution < -0.4 is 14.8 Å². The van der Waals surface area contributed by atoms with Crippen molar-refractivity contribution in [1.29, 1.82) is 0 Å². The minimum absolute atomic E-state index is 0.00451. The largest absolute Gasteiger partial charge is 0.492 e. The van der Waals surface area contributed by atoms with Gasteiger partial charge in [-0.05, 0) is 77.7 Å². The number of halogens is 1. The van der Waals surface area contributed by atoms with Crippen molar-refractivity contribution in [3.05, 3.63) is 52.5 Å². The highest BCUT2D eigenvalue weighted by atomic mass is 79.9. The third-order valence-corrected chi connectivity index (χ3v) is 7.96. The molecule has 8 heteroatoms. The molecule has 0 spiro atoms. The maximum atomic E-state index is 12.7. The number of nitrogens with one attached hydrogen (secondary N) is 2. The maximum Gasteiger partial charge on any atom is 0.255 e. The van der Waals surface area contributed by atoms with Crippen molar-refractivity contribution in [2.45, 2.75) is 75.6 Å². The Morgan fingerprint density at radius 2 is 1.76 bits per heavy atom. The zero-order valence-electron chi connectivity index (χ0n) is 19.1. The molecule has 1 amide bonds. The average molecular weight is 538 g/mol. The van der Waals surface area contributed by atoms with Crippen LogP contribution in [0.4, 0.5) is 5.69 Å². The topological polar surface area (TPSA) is 84.5 Å². The molecule has 6 nitrogen and oxygen atoms in total. The van der Waals surface area contributed by atoms with Gasteiger partial charge in [-0.15, -0.1) is 0 Å². The van der Waals surface area contributed by atoms with E-state index in [1.165, 1.54) is 25.0 Å². The van der Waals surface area contributed by atoms with Crippen LogP contribution in [0.2, 0.25) is 0 Å². The van der Waals surface area contributed by atoms with Crippen LogP contribution in [0.1, 0.15) is 75.1 Å². The highest BCUT2D eigenvalue weighted by molar-refractivity contribution is 9.10. The molecule has 2 aromatic carbocycles. The van der Waals surface area contributed by atoms with Crippen molar-refractivity contribution in [1.82, 2.24) is 4.72 Å². The molecule has 2 aromatic rings. The Kier molecular flexibility index (Phi) is 9.77. The third kappa shape index (κ3) is 7.83. The van der Waals surface area contributed by atoms with Crippen molar-refractivity contribution in [2.75, 3.05) is 11.9 Å². The zero-order chi connectivity index (χ0) is 23.7. The lowest BCUT2D eigenvalue weighted by molar-refractivity contribution is 0.102. The van der Waals surface area contributed by atoms with Gasteiger partial charge in [-0.3, -0.25) is 4.79 Å². The van der Waals surface area contributed by atoms with E-state index in [1.54, 1.807) is 30.3 Å². The first kappa shape index (κ1) is 25.7. The van der Waals surface area contributed by atoms with Gasteiger partial charge < -0.3 is 10.1 Å². The number of amides is 1. The van der Waals surface area contributed by atoms with Crippen LogP contribution in [0.3, 0.4) is 0 Å². The normalized spacial score (nSPS) is 14.7. The third-order valence-electron chi connectivity index (χ3n) is 5.80. The minimum atomic E-state index is -3.56. The minimum Gasteiger partial charge on any atom is -0.492 e. The van der Waals surface area contributed by atoms with Gasteiger partial charge in [-0.1, -0.05) is 45.4 Å². The van der Waals surface area contributed by atoms with Crippen LogP contribution in [0.15, 0.2) is 51.8 Å². The molecule has 0 unspecified atom stereocenters. The number of benzene rings is 2. The second-order valence-electron chi connectivity index (χ2n) is 8.49. The lowest BCUT2D eigenvalue weighted by Gasteiger charge is -2.22. The number of hydrogen-bond acceptors (Lipinski definition) is 4. The molecule has 0 radical (unpaired) electrons. The summed E-state index contributed by atoms with van der Waals surface area (Å²) in [6, 6.07) is 11.5. The summed E-state index contributed by atoms with van der Waals surface area (Å²) in [6.07, 6.45) is 9.57. The van der Waals surface area contributed by atoms with Gasteiger partial charge >= 0.3 is 0 Å². The number of ether oxygens (including phenoxy) is 1. The first-order valence-electron chi connectivity index (χ1n) is 11.7. The van der Waals surface area contributed by atoms with E-state index in [0.29, 0.717) is 23.6 Å². The highest BCUT2D eigenvalue weighted by Crippen LogP contribution is 2.27. The fraction of sp³-hybridized carbons (Fsp3) is 0.480. The van der Waals surface area contributed by atoms with E-state index in [0.717, 1.165) is 49.4 Å². The van der Waals surface area contributed by atoms with E-state index in [4.69, 9.17) is 4.74 Å². The zero-order valence-corrected chi connectivity index (χ0v) is 21.5. The molecule has 1 aliphatic rings. The van der Waals surface area contributed by atoms with Crippen LogP contribution >= 0.6 is 15.9 Å². The van der Waals surface area contributed by atoms with Crippen molar-refractivity contribution in [2.24, 2.45) is 0 Å². The van der Waals surface area contributed by atoms with Crippen LogP contribution in [0.25, 0.3) is 0 Å². The maximum absolute atomic E-state index is 12.7. The molecule has 0 heterocycles. The second kappa shape index (κ2) is 12.5. The van der Waals surface area contributed by atoms with Crippen LogP contribution in [0.5, 0.6) is 5.75 Å². The van der Waals surface area contributed by atoms with Crippen molar-refractivity contribution in [3.8, 4) is 5.75 Å². The predicted molar refractivity (Wildman–Crippen MR) is 135 cm³/mol.